The van der Waals surface area contributed by atoms with E-state index in [1.54, 1.807) is 0 Å². The summed E-state index contributed by atoms with van der Waals surface area (Å²) in [5.41, 5.74) is 0.499. The van der Waals surface area contributed by atoms with E-state index in [1.807, 2.05) is 0 Å². The maximum absolute atomic E-state index is 12.9. The van der Waals surface area contributed by atoms with Crippen LogP contribution in [0.25, 0.3) is 0 Å². The fourth-order valence-corrected chi connectivity index (χ4v) is 10.9. The number of carbonyl (C=O) groups is 1. The summed E-state index contributed by atoms with van der Waals surface area (Å²) in [4.78, 5) is 12.9. The fourth-order valence-electron chi connectivity index (χ4n) is 5.28. The highest BCUT2D eigenvalue weighted by atomic mass is 31.1. The van der Waals surface area contributed by atoms with Crippen molar-refractivity contribution in [3.8, 4) is 0 Å². The third-order valence-electron chi connectivity index (χ3n) is 6.97. The van der Waals surface area contributed by atoms with E-state index in [9.17, 15) is 4.79 Å². The lowest BCUT2D eigenvalue weighted by atomic mass is 10.0. The van der Waals surface area contributed by atoms with Gasteiger partial charge in [-0.1, -0.05) is 135 Å². The molecule has 1 aliphatic rings. The van der Waals surface area contributed by atoms with E-state index < -0.39 is 15.8 Å². The van der Waals surface area contributed by atoms with Crippen LogP contribution >= 0.6 is 15.8 Å². The van der Waals surface area contributed by atoms with Gasteiger partial charge in [0, 0.05) is 11.3 Å². The van der Waals surface area contributed by atoms with Crippen molar-refractivity contribution >= 4 is 43.1 Å². The molecule has 4 atom stereocenters. The third kappa shape index (κ3) is 5.24. The average Bonchev–Trinajstić information content (AvgIpc) is 3.33. The normalized spacial score (nSPS) is 19.1. The van der Waals surface area contributed by atoms with E-state index in [1.165, 1.54) is 21.2 Å². The second-order valence-electron chi connectivity index (χ2n) is 9.23. The molecule has 1 heterocycles. The SMILES string of the molecule is CC(C1NC(=O)NC1C(C)P(c1ccccc1)c1ccccc1)P(c1ccccc1)c1ccccc1. The summed E-state index contributed by atoms with van der Waals surface area (Å²) < 4.78 is 0. The zero-order valence-corrected chi connectivity index (χ0v) is 22.4. The van der Waals surface area contributed by atoms with Crippen molar-refractivity contribution < 1.29 is 4.79 Å². The Balaban J connectivity index is 1.52. The molecular weight excluding hydrogens is 478 g/mol. The van der Waals surface area contributed by atoms with Gasteiger partial charge in [0.15, 0.2) is 0 Å². The maximum Gasteiger partial charge on any atom is 0.315 e. The third-order valence-corrected chi connectivity index (χ3v) is 12.7. The lowest BCUT2D eigenvalue weighted by Crippen LogP contribution is -2.49. The van der Waals surface area contributed by atoms with Gasteiger partial charge in [0.05, 0.1) is 12.1 Å². The Morgan fingerprint density at radius 3 is 1.00 bits per heavy atom. The van der Waals surface area contributed by atoms with Crippen LogP contribution in [0, 0.1) is 0 Å². The molecule has 4 aromatic carbocycles. The quantitative estimate of drug-likeness (QED) is 0.319. The second-order valence-corrected chi connectivity index (χ2v) is 14.4. The molecule has 2 amide bonds. The number of hydrogen-bond acceptors (Lipinski definition) is 1. The van der Waals surface area contributed by atoms with Gasteiger partial charge in [-0.25, -0.2) is 4.79 Å². The fraction of sp³-hybridized carbons (Fsp3) is 0.194. The Morgan fingerprint density at radius 1 is 0.500 bits per heavy atom. The number of amides is 2. The monoisotopic (exact) mass is 510 g/mol. The van der Waals surface area contributed by atoms with E-state index in [0.29, 0.717) is 0 Å². The lowest BCUT2D eigenvalue weighted by Gasteiger charge is -2.37. The Kier molecular flexibility index (Phi) is 7.81. The van der Waals surface area contributed by atoms with Crippen molar-refractivity contribution in [3.05, 3.63) is 121 Å². The summed E-state index contributed by atoms with van der Waals surface area (Å²) in [6.07, 6.45) is 0. The van der Waals surface area contributed by atoms with E-state index >= 15 is 0 Å². The predicted molar refractivity (Wildman–Crippen MR) is 156 cm³/mol. The molecule has 5 rings (SSSR count). The van der Waals surface area contributed by atoms with Crippen LogP contribution in [-0.2, 0) is 0 Å². The Bertz CT molecular complexity index is 1080. The lowest BCUT2D eigenvalue weighted by molar-refractivity contribution is 0.247. The van der Waals surface area contributed by atoms with Gasteiger partial charge in [-0.3, -0.25) is 0 Å². The van der Waals surface area contributed by atoms with Crippen LogP contribution in [0.3, 0.4) is 0 Å². The van der Waals surface area contributed by atoms with Crippen molar-refractivity contribution in [1.29, 1.82) is 0 Å². The molecule has 4 unspecified atom stereocenters. The number of rotatable bonds is 8. The molecule has 5 heteroatoms. The first-order chi connectivity index (χ1) is 17.6. The van der Waals surface area contributed by atoms with Crippen LogP contribution in [0.15, 0.2) is 121 Å². The van der Waals surface area contributed by atoms with Crippen LogP contribution in [0.1, 0.15) is 13.8 Å². The second kappa shape index (κ2) is 11.4. The van der Waals surface area contributed by atoms with Crippen molar-refractivity contribution in [2.75, 3.05) is 0 Å². The van der Waals surface area contributed by atoms with Crippen LogP contribution in [0.2, 0.25) is 0 Å². The van der Waals surface area contributed by atoms with Gasteiger partial charge >= 0.3 is 6.03 Å². The first-order valence-electron chi connectivity index (χ1n) is 12.5. The molecule has 182 valence electrons. The highest BCUT2D eigenvalue weighted by molar-refractivity contribution is 7.74. The number of carbonyl (C=O) groups excluding carboxylic acids is 1. The molecule has 1 fully saturated rings. The van der Waals surface area contributed by atoms with Crippen LogP contribution in [0.5, 0.6) is 0 Å². The Labute approximate surface area is 216 Å². The van der Waals surface area contributed by atoms with Gasteiger partial charge in [-0.2, -0.15) is 0 Å². The first-order valence-corrected chi connectivity index (χ1v) is 15.3. The number of benzene rings is 4. The zero-order chi connectivity index (χ0) is 24.9. The van der Waals surface area contributed by atoms with Gasteiger partial charge < -0.3 is 10.6 Å². The highest BCUT2D eigenvalue weighted by Crippen LogP contribution is 2.46. The smallest absolute Gasteiger partial charge is 0.315 e. The molecule has 0 saturated carbocycles. The number of nitrogens with one attached hydrogen (secondary N) is 2. The molecule has 3 nitrogen and oxygen atoms in total. The molecule has 0 spiro atoms. The maximum atomic E-state index is 12.9. The summed E-state index contributed by atoms with van der Waals surface area (Å²) in [6, 6.07) is 43.1. The summed E-state index contributed by atoms with van der Waals surface area (Å²) in [5, 5.41) is 12.0. The minimum Gasteiger partial charge on any atom is -0.333 e. The van der Waals surface area contributed by atoms with Crippen LogP contribution in [-0.4, -0.2) is 29.4 Å². The molecule has 1 saturated heterocycles. The molecule has 36 heavy (non-hydrogen) atoms. The summed E-state index contributed by atoms with van der Waals surface area (Å²) in [5.74, 6) is 0. The summed E-state index contributed by atoms with van der Waals surface area (Å²) in [7, 11) is -1.34. The highest BCUT2D eigenvalue weighted by Gasteiger charge is 2.44. The Morgan fingerprint density at radius 2 is 0.750 bits per heavy atom. The number of hydrogen-bond donors (Lipinski definition) is 2. The van der Waals surface area contributed by atoms with Crippen molar-refractivity contribution in [3.63, 3.8) is 0 Å². The van der Waals surface area contributed by atoms with Crippen molar-refractivity contribution in [2.24, 2.45) is 0 Å². The zero-order valence-electron chi connectivity index (χ0n) is 20.7. The van der Waals surface area contributed by atoms with Crippen LogP contribution < -0.4 is 31.9 Å². The van der Waals surface area contributed by atoms with E-state index in [4.69, 9.17) is 0 Å². The van der Waals surface area contributed by atoms with E-state index in [0.717, 1.165) is 0 Å². The number of urea groups is 1. The van der Waals surface area contributed by atoms with Gasteiger partial charge in [0.25, 0.3) is 0 Å². The minimum atomic E-state index is -0.669. The largest absolute Gasteiger partial charge is 0.333 e. The summed E-state index contributed by atoms with van der Waals surface area (Å²) in [6.45, 7) is 4.63. The van der Waals surface area contributed by atoms with Gasteiger partial charge in [0.1, 0.15) is 0 Å². The molecule has 0 aromatic heterocycles. The molecular formula is C31H32N2OP2. The topological polar surface area (TPSA) is 41.1 Å². The average molecular weight is 511 g/mol. The molecule has 1 aliphatic heterocycles. The van der Waals surface area contributed by atoms with Crippen LogP contribution in [0.4, 0.5) is 4.79 Å². The van der Waals surface area contributed by atoms with Crippen molar-refractivity contribution in [1.82, 2.24) is 10.6 Å². The molecule has 0 radical (unpaired) electrons. The predicted octanol–water partition coefficient (Wildman–Crippen LogP) is 5.08. The molecule has 4 aromatic rings. The minimum absolute atomic E-state index is 0.0245. The summed E-state index contributed by atoms with van der Waals surface area (Å²) >= 11 is 0. The van der Waals surface area contributed by atoms with E-state index in [-0.39, 0.29) is 29.4 Å². The molecule has 2 N–H and O–H groups in total. The van der Waals surface area contributed by atoms with Gasteiger partial charge in [0.2, 0.25) is 0 Å². The standard InChI is InChI=1S/C31H32N2OP2/c1-23(35(25-15-7-3-8-16-25)26-17-9-4-10-18-26)29-30(33-31(34)32-29)24(2)36(27-19-11-5-12-20-27)28-21-13-6-14-22-28/h3-24,29-30H,1-2H3,(H2,32,33,34). The van der Waals surface area contributed by atoms with Crippen molar-refractivity contribution in [2.45, 2.75) is 37.2 Å². The molecule has 0 aliphatic carbocycles. The van der Waals surface area contributed by atoms with Gasteiger partial charge in [-0.15, -0.1) is 0 Å². The Hall–Kier alpha value is -2.99. The van der Waals surface area contributed by atoms with E-state index in [2.05, 4.69) is 146 Å². The van der Waals surface area contributed by atoms with Gasteiger partial charge in [-0.05, 0) is 37.1 Å². The first kappa shape index (κ1) is 24.7. The molecule has 0 bridgehead atoms.